The van der Waals surface area contributed by atoms with E-state index in [9.17, 15) is 9.59 Å². The molecule has 0 atom stereocenters. The number of carbonyl (C=O) groups excluding carboxylic acids is 2. The van der Waals surface area contributed by atoms with Gasteiger partial charge in [-0.3, -0.25) is 14.6 Å². The van der Waals surface area contributed by atoms with Crippen LogP contribution in [0.3, 0.4) is 0 Å². The molecule has 7 heteroatoms. The first kappa shape index (κ1) is 18.7. The molecule has 1 aromatic carbocycles. The summed E-state index contributed by atoms with van der Waals surface area (Å²) in [6, 6.07) is 12.2. The third kappa shape index (κ3) is 4.01. The number of halogens is 1. The van der Waals surface area contributed by atoms with Gasteiger partial charge in [0.2, 0.25) is 5.91 Å². The highest BCUT2D eigenvalue weighted by Gasteiger charge is 2.17. The van der Waals surface area contributed by atoms with E-state index in [0.717, 1.165) is 17.1 Å². The monoisotopic (exact) mass is 382 g/mol. The number of hydrogen-bond donors (Lipinski definition) is 2. The number of carbonyl (C=O) groups is 2. The molecule has 0 bridgehead atoms. The molecule has 2 heterocycles. The van der Waals surface area contributed by atoms with Crippen LogP contribution in [0.4, 0.5) is 5.69 Å². The lowest BCUT2D eigenvalue weighted by atomic mass is 10.1. The molecule has 0 aliphatic heterocycles. The molecule has 0 saturated heterocycles. The van der Waals surface area contributed by atoms with Gasteiger partial charge < -0.3 is 15.6 Å². The number of nitrogens with one attached hydrogen (secondary N) is 1. The number of hydrogen-bond acceptors (Lipinski definition) is 3. The number of aryl methyl sites for hydroxylation is 1. The second-order valence-corrected chi connectivity index (χ2v) is 6.61. The smallest absolute Gasteiger partial charge is 0.257 e. The molecule has 3 N–H and O–H groups in total. The van der Waals surface area contributed by atoms with Gasteiger partial charge in [0.1, 0.15) is 0 Å². The zero-order valence-electron chi connectivity index (χ0n) is 15.0. The average molecular weight is 383 g/mol. The van der Waals surface area contributed by atoms with Crippen molar-refractivity contribution < 1.29 is 9.59 Å². The Kier molecular flexibility index (Phi) is 5.28. The quantitative estimate of drug-likeness (QED) is 0.707. The highest BCUT2D eigenvalue weighted by Crippen LogP contribution is 2.22. The molecule has 2 aromatic heterocycles. The topological polar surface area (TPSA) is 90.0 Å². The van der Waals surface area contributed by atoms with E-state index in [2.05, 4.69) is 10.3 Å². The fourth-order valence-corrected chi connectivity index (χ4v) is 3.13. The van der Waals surface area contributed by atoms with Crippen LogP contribution < -0.4 is 11.1 Å². The first-order valence-corrected chi connectivity index (χ1v) is 8.72. The van der Waals surface area contributed by atoms with E-state index in [4.69, 9.17) is 17.3 Å². The van der Waals surface area contributed by atoms with Crippen LogP contribution in [-0.2, 0) is 6.54 Å². The van der Waals surface area contributed by atoms with Gasteiger partial charge >= 0.3 is 0 Å². The minimum absolute atomic E-state index is 0.162. The Morgan fingerprint density at radius 1 is 1.15 bits per heavy atom. The molecule has 0 unspecified atom stereocenters. The van der Waals surface area contributed by atoms with Crippen LogP contribution in [0, 0.1) is 13.8 Å². The predicted molar refractivity (Wildman–Crippen MR) is 105 cm³/mol. The second-order valence-electron chi connectivity index (χ2n) is 6.21. The number of rotatable bonds is 5. The van der Waals surface area contributed by atoms with Gasteiger partial charge in [-0.15, -0.1) is 0 Å². The van der Waals surface area contributed by atoms with Gasteiger partial charge in [0.15, 0.2) is 0 Å². The number of nitrogens with zero attached hydrogens (tertiary/aromatic N) is 2. The first-order valence-electron chi connectivity index (χ1n) is 8.34. The molecule has 0 spiro atoms. The van der Waals surface area contributed by atoms with Gasteiger partial charge in [0, 0.05) is 23.3 Å². The highest BCUT2D eigenvalue weighted by molar-refractivity contribution is 6.34. The number of benzene rings is 1. The first-order chi connectivity index (χ1) is 12.9. The van der Waals surface area contributed by atoms with Crippen LogP contribution in [0.2, 0.25) is 5.02 Å². The van der Waals surface area contributed by atoms with Gasteiger partial charge in [-0.2, -0.15) is 0 Å². The van der Waals surface area contributed by atoms with Crippen LogP contribution >= 0.6 is 11.6 Å². The van der Waals surface area contributed by atoms with E-state index >= 15 is 0 Å². The predicted octanol–water partition coefficient (Wildman–Crippen LogP) is 3.55. The average Bonchev–Trinajstić information content (AvgIpc) is 2.92. The van der Waals surface area contributed by atoms with Crippen molar-refractivity contribution in [1.29, 1.82) is 0 Å². The fraction of sp³-hybridized carbons (Fsp3) is 0.150. The maximum Gasteiger partial charge on any atom is 0.257 e. The van der Waals surface area contributed by atoms with Crippen LogP contribution in [0.15, 0.2) is 48.7 Å². The lowest BCUT2D eigenvalue weighted by molar-refractivity contribution is 0.0996. The molecular formula is C20H19ClN4O2. The molecule has 0 fully saturated rings. The summed E-state index contributed by atoms with van der Waals surface area (Å²) in [5.41, 5.74) is 9.17. The van der Waals surface area contributed by atoms with E-state index in [1.807, 2.05) is 42.7 Å². The maximum absolute atomic E-state index is 12.7. The van der Waals surface area contributed by atoms with Gasteiger partial charge in [-0.1, -0.05) is 17.7 Å². The highest BCUT2D eigenvalue weighted by atomic mass is 35.5. The largest absolute Gasteiger partial charge is 0.366 e. The standard InChI is InChI=1S/C20H19ClN4O2/c1-12-9-16(13(2)25(12)11-15-5-3-4-8-23-15)20(27)24-14-6-7-18(21)17(10-14)19(22)26/h3-10H,11H2,1-2H3,(H2,22,26)(H,24,27). The van der Waals surface area contributed by atoms with Crippen molar-refractivity contribution in [1.82, 2.24) is 9.55 Å². The minimum Gasteiger partial charge on any atom is -0.366 e. The Hall–Kier alpha value is -3.12. The third-order valence-corrected chi connectivity index (χ3v) is 4.68. The van der Waals surface area contributed by atoms with Gasteiger partial charge in [-0.05, 0) is 50.2 Å². The van der Waals surface area contributed by atoms with Crippen molar-refractivity contribution in [2.75, 3.05) is 5.32 Å². The summed E-state index contributed by atoms with van der Waals surface area (Å²) in [6.07, 6.45) is 1.74. The summed E-state index contributed by atoms with van der Waals surface area (Å²) < 4.78 is 2.04. The Balaban J connectivity index is 1.85. The second kappa shape index (κ2) is 7.63. The van der Waals surface area contributed by atoms with Crippen molar-refractivity contribution in [2.45, 2.75) is 20.4 Å². The molecule has 0 aliphatic carbocycles. The Morgan fingerprint density at radius 3 is 2.59 bits per heavy atom. The number of anilines is 1. The molecule has 138 valence electrons. The number of pyridine rings is 1. The molecule has 6 nitrogen and oxygen atoms in total. The van der Waals surface area contributed by atoms with Gasteiger partial charge in [0.25, 0.3) is 5.91 Å². The number of nitrogens with two attached hydrogens (primary N) is 1. The molecule has 0 aliphatic rings. The number of amides is 2. The van der Waals surface area contributed by atoms with Crippen LogP contribution in [-0.4, -0.2) is 21.4 Å². The van der Waals surface area contributed by atoms with Crippen molar-refractivity contribution in [2.24, 2.45) is 5.73 Å². The zero-order valence-corrected chi connectivity index (χ0v) is 15.7. The molecule has 0 radical (unpaired) electrons. The molecule has 3 rings (SSSR count). The van der Waals surface area contributed by atoms with E-state index in [-0.39, 0.29) is 16.5 Å². The Labute approximate surface area is 162 Å². The number of primary amides is 1. The van der Waals surface area contributed by atoms with Crippen molar-refractivity contribution in [3.8, 4) is 0 Å². The summed E-state index contributed by atoms with van der Waals surface area (Å²) in [6.45, 7) is 4.42. The summed E-state index contributed by atoms with van der Waals surface area (Å²) >= 11 is 5.95. The van der Waals surface area contributed by atoms with Crippen LogP contribution in [0.25, 0.3) is 0 Å². The summed E-state index contributed by atoms with van der Waals surface area (Å²) in [7, 11) is 0. The van der Waals surface area contributed by atoms with Gasteiger partial charge in [-0.25, -0.2) is 0 Å². The van der Waals surface area contributed by atoms with Crippen LogP contribution in [0.5, 0.6) is 0 Å². The lowest BCUT2D eigenvalue weighted by Gasteiger charge is -2.10. The Morgan fingerprint density at radius 2 is 1.93 bits per heavy atom. The molecular weight excluding hydrogens is 364 g/mol. The molecule has 27 heavy (non-hydrogen) atoms. The Bertz CT molecular complexity index is 1010. The molecule has 3 aromatic rings. The summed E-state index contributed by atoms with van der Waals surface area (Å²) in [4.78, 5) is 28.5. The van der Waals surface area contributed by atoms with Crippen molar-refractivity contribution in [3.05, 3.63) is 81.9 Å². The fourth-order valence-electron chi connectivity index (χ4n) is 2.92. The summed E-state index contributed by atoms with van der Waals surface area (Å²) in [5, 5.41) is 3.04. The number of aromatic nitrogens is 2. The van der Waals surface area contributed by atoms with E-state index < -0.39 is 5.91 Å². The van der Waals surface area contributed by atoms with Crippen molar-refractivity contribution in [3.63, 3.8) is 0 Å². The maximum atomic E-state index is 12.7. The van der Waals surface area contributed by atoms with E-state index in [0.29, 0.717) is 17.8 Å². The SMILES string of the molecule is Cc1cc(C(=O)Nc2ccc(Cl)c(C(N)=O)c2)c(C)n1Cc1ccccn1. The minimum atomic E-state index is -0.648. The molecule has 2 amide bonds. The third-order valence-electron chi connectivity index (χ3n) is 4.35. The zero-order chi connectivity index (χ0) is 19.6. The summed E-state index contributed by atoms with van der Waals surface area (Å²) in [5.74, 6) is -0.919. The van der Waals surface area contributed by atoms with E-state index in [1.165, 1.54) is 12.1 Å². The van der Waals surface area contributed by atoms with E-state index in [1.54, 1.807) is 12.3 Å². The van der Waals surface area contributed by atoms with Gasteiger partial charge in [0.05, 0.1) is 28.4 Å². The van der Waals surface area contributed by atoms with Crippen LogP contribution in [0.1, 0.15) is 37.8 Å². The van der Waals surface area contributed by atoms with Crippen molar-refractivity contribution >= 4 is 29.1 Å². The molecule has 0 saturated carbocycles. The normalized spacial score (nSPS) is 10.6. The lowest BCUT2D eigenvalue weighted by Crippen LogP contribution is -2.16.